The lowest BCUT2D eigenvalue weighted by atomic mass is 9.99. The van der Waals surface area contributed by atoms with Crippen LogP contribution in [0.5, 0.6) is 0 Å². The summed E-state index contributed by atoms with van der Waals surface area (Å²) in [6, 6.07) is 8.31. The van der Waals surface area contributed by atoms with Gasteiger partial charge in [-0.3, -0.25) is 9.59 Å². The molecule has 2 N–H and O–H groups in total. The van der Waals surface area contributed by atoms with Gasteiger partial charge in [-0.25, -0.2) is 4.98 Å². The molecule has 0 aliphatic carbocycles. The summed E-state index contributed by atoms with van der Waals surface area (Å²) in [7, 11) is 0. The Hall–Kier alpha value is -2.12. The lowest BCUT2D eigenvalue weighted by Crippen LogP contribution is -2.28. The highest BCUT2D eigenvalue weighted by atomic mass is 32.2. The largest absolute Gasteiger partial charge is 0.355 e. The molecule has 1 aromatic carbocycles. The van der Waals surface area contributed by atoms with Crippen LogP contribution in [0.15, 0.2) is 39.6 Å². The zero-order valence-corrected chi connectivity index (χ0v) is 18.2. The van der Waals surface area contributed by atoms with Crippen LogP contribution in [0.4, 0.5) is 0 Å². The van der Waals surface area contributed by atoms with Crippen LogP contribution >= 0.6 is 23.1 Å². The molecule has 0 spiro atoms. The van der Waals surface area contributed by atoms with E-state index in [9.17, 15) is 9.59 Å². The van der Waals surface area contributed by atoms with Crippen LogP contribution in [0.3, 0.4) is 0 Å². The molecular formula is C21H25N3O2S2. The van der Waals surface area contributed by atoms with E-state index in [0.717, 1.165) is 11.1 Å². The molecule has 3 rings (SSSR count). The van der Waals surface area contributed by atoms with Gasteiger partial charge in [0.1, 0.15) is 4.83 Å². The Balaban J connectivity index is 1.80. The van der Waals surface area contributed by atoms with Gasteiger partial charge < -0.3 is 10.3 Å². The topological polar surface area (TPSA) is 74.8 Å². The van der Waals surface area contributed by atoms with Crippen molar-refractivity contribution in [1.82, 2.24) is 15.3 Å². The van der Waals surface area contributed by atoms with E-state index in [4.69, 9.17) is 0 Å². The molecule has 0 bridgehead atoms. The molecule has 0 saturated carbocycles. The van der Waals surface area contributed by atoms with Gasteiger partial charge in [-0.1, -0.05) is 63.7 Å². The van der Waals surface area contributed by atoms with Crippen LogP contribution in [-0.2, 0) is 4.79 Å². The number of amides is 1. The maximum atomic E-state index is 12.7. The summed E-state index contributed by atoms with van der Waals surface area (Å²) in [6.07, 6.45) is 0. The third kappa shape index (κ3) is 4.83. The number of thiophene rings is 1. The van der Waals surface area contributed by atoms with Gasteiger partial charge in [0, 0.05) is 17.5 Å². The van der Waals surface area contributed by atoms with Crippen LogP contribution in [0.25, 0.3) is 21.3 Å². The predicted molar refractivity (Wildman–Crippen MR) is 118 cm³/mol. The zero-order chi connectivity index (χ0) is 20.3. The van der Waals surface area contributed by atoms with Crippen molar-refractivity contribution >= 4 is 39.2 Å². The first kappa shape index (κ1) is 20.6. The first-order chi connectivity index (χ1) is 13.3. The fourth-order valence-electron chi connectivity index (χ4n) is 2.76. The number of aromatic amines is 1. The minimum atomic E-state index is -0.167. The van der Waals surface area contributed by atoms with E-state index in [1.807, 2.05) is 19.2 Å². The second-order valence-electron chi connectivity index (χ2n) is 7.46. The highest BCUT2D eigenvalue weighted by molar-refractivity contribution is 7.99. The minimum Gasteiger partial charge on any atom is -0.355 e. The predicted octanol–water partition coefficient (Wildman–Crippen LogP) is 4.64. The van der Waals surface area contributed by atoms with E-state index < -0.39 is 0 Å². The van der Waals surface area contributed by atoms with E-state index >= 15 is 0 Å². The number of H-pyrrole nitrogens is 1. The Morgan fingerprint density at radius 3 is 2.57 bits per heavy atom. The molecule has 0 saturated heterocycles. The van der Waals surface area contributed by atoms with Gasteiger partial charge in [-0.2, -0.15) is 0 Å². The number of nitrogens with zero attached hydrogens (tertiary/aromatic N) is 1. The minimum absolute atomic E-state index is 0.0569. The normalized spacial score (nSPS) is 11.5. The van der Waals surface area contributed by atoms with Crippen molar-refractivity contribution < 1.29 is 4.79 Å². The SMILES string of the molecule is CC(C)CNC(=O)CSc1nc2scc(-c3ccc(C(C)C)cc3)c2c(=O)[nH]1. The van der Waals surface area contributed by atoms with Crippen molar-refractivity contribution in [3.8, 4) is 11.1 Å². The summed E-state index contributed by atoms with van der Waals surface area (Å²) >= 11 is 2.70. The van der Waals surface area contributed by atoms with Gasteiger partial charge in [0.05, 0.1) is 11.1 Å². The van der Waals surface area contributed by atoms with Gasteiger partial charge in [0.2, 0.25) is 5.91 Å². The summed E-state index contributed by atoms with van der Waals surface area (Å²) in [6.45, 7) is 9.06. The third-order valence-electron chi connectivity index (χ3n) is 4.36. The lowest BCUT2D eigenvalue weighted by molar-refractivity contribution is -0.118. The van der Waals surface area contributed by atoms with Crippen molar-refractivity contribution in [2.75, 3.05) is 12.3 Å². The molecule has 5 nitrogen and oxygen atoms in total. The summed E-state index contributed by atoms with van der Waals surface area (Å²) in [5, 5.41) is 5.92. The van der Waals surface area contributed by atoms with Gasteiger partial charge in [-0.05, 0) is 23.0 Å². The average Bonchev–Trinajstić information content (AvgIpc) is 3.09. The maximum Gasteiger partial charge on any atom is 0.260 e. The molecular weight excluding hydrogens is 390 g/mol. The Labute approximate surface area is 173 Å². The van der Waals surface area contributed by atoms with E-state index in [0.29, 0.717) is 33.8 Å². The highest BCUT2D eigenvalue weighted by Crippen LogP contribution is 2.32. The maximum absolute atomic E-state index is 12.7. The molecule has 0 aliphatic heterocycles. The molecule has 0 aliphatic rings. The molecule has 2 heterocycles. The number of benzene rings is 1. The fourth-order valence-corrected chi connectivity index (χ4v) is 4.46. The van der Waals surface area contributed by atoms with Gasteiger partial charge in [-0.15, -0.1) is 11.3 Å². The van der Waals surface area contributed by atoms with Crippen molar-refractivity contribution in [3.63, 3.8) is 0 Å². The standard InChI is InChI=1S/C21H25N3O2S2/c1-12(2)9-22-17(25)11-28-21-23-19(26)18-16(10-27-20(18)24-21)15-7-5-14(6-8-15)13(3)4/h5-8,10,12-13H,9,11H2,1-4H3,(H,22,25)(H,23,24,26). The molecule has 1 amide bonds. The molecule has 7 heteroatoms. The fraction of sp³-hybridized carbons (Fsp3) is 0.381. The number of aromatic nitrogens is 2. The van der Waals surface area contributed by atoms with Crippen LogP contribution in [0.2, 0.25) is 0 Å². The number of hydrogen-bond acceptors (Lipinski definition) is 5. The first-order valence-corrected chi connectivity index (χ1v) is 11.2. The van der Waals surface area contributed by atoms with E-state index in [2.05, 4.69) is 53.4 Å². The Morgan fingerprint density at radius 1 is 1.21 bits per heavy atom. The third-order valence-corrected chi connectivity index (χ3v) is 6.10. The smallest absolute Gasteiger partial charge is 0.260 e. The molecule has 28 heavy (non-hydrogen) atoms. The highest BCUT2D eigenvalue weighted by Gasteiger charge is 2.14. The molecule has 0 atom stereocenters. The van der Waals surface area contributed by atoms with Crippen LogP contribution in [0, 0.1) is 5.92 Å². The second kappa shape index (κ2) is 8.92. The van der Waals surface area contributed by atoms with Gasteiger partial charge in [0.15, 0.2) is 5.16 Å². The number of rotatable bonds is 7. The monoisotopic (exact) mass is 415 g/mol. The Kier molecular flexibility index (Phi) is 6.57. The van der Waals surface area contributed by atoms with E-state index in [1.165, 1.54) is 28.7 Å². The number of carbonyl (C=O) groups is 1. The average molecular weight is 416 g/mol. The summed E-state index contributed by atoms with van der Waals surface area (Å²) < 4.78 is 0. The quantitative estimate of drug-likeness (QED) is 0.435. The van der Waals surface area contributed by atoms with E-state index in [-0.39, 0.29) is 17.2 Å². The second-order valence-corrected chi connectivity index (χ2v) is 9.29. The lowest BCUT2D eigenvalue weighted by Gasteiger charge is -2.07. The van der Waals surface area contributed by atoms with Crippen molar-refractivity contribution in [2.24, 2.45) is 5.92 Å². The first-order valence-electron chi connectivity index (χ1n) is 9.36. The van der Waals surface area contributed by atoms with Crippen LogP contribution in [-0.4, -0.2) is 28.2 Å². The number of thioether (sulfide) groups is 1. The van der Waals surface area contributed by atoms with Crippen LogP contribution < -0.4 is 10.9 Å². The van der Waals surface area contributed by atoms with Crippen molar-refractivity contribution in [3.05, 3.63) is 45.6 Å². The number of fused-ring (bicyclic) bond motifs is 1. The molecule has 148 valence electrons. The number of hydrogen-bond donors (Lipinski definition) is 2. The van der Waals surface area contributed by atoms with Crippen molar-refractivity contribution in [1.29, 1.82) is 0 Å². The van der Waals surface area contributed by atoms with E-state index in [1.54, 1.807) is 0 Å². The van der Waals surface area contributed by atoms with Gasteiger partial charge >= 0.3 is 0 Å². The summed E-state index contributed by atoms with van der Waals surface area (Å²) in [5.41, 5.74) is 3.01. The molecule has 3 aromatic rings. The number of nitrogens with one attached hydrogen (secondary N) is 2. The van der Waals surface area contributed by atoms with Crippen molar-refractivity contribution in [2.45, 2.75) is 38.8 Å². The summed E-state index contributed by atoms with van der Waals surface area (Å²) in [4.78, 5) is 32.6. The molecule has 0 radical (unpaired) electrons. The molecule has 2 aromatic heterocycles. The molecule has 0 fully saturated rings. The van der Waals surface area contributed by atoms with Crippen LogP contribution in [0.1, 0.15) is 39.2 Å². The Bertz CT molecular complexity index is 1020. The molecule has 0 unspecified atom stereocenters. The number of carbonyl (C=O) groups excluding carboxylic acids is 1. The van der Waals surface area contributed by atoms with Gasteiger partial charge in [0.25, 0.3) is 5.56 Å². The zero-order valence-electron chi connectivity index (χ0n) is 16.5. The summed E-state index contributed by atoms with van der Waals surface area (Å²) in [5.74, 6) is 1.05. The Morgan fingerprint density at radius 2 is 1.93 bits per heavy atom.